The van der Waals surface area contributed by atoms with Crippen LogP contribution >= 0.6 is 0 Å². The summed E-state index contributed by atoms with van der Waals surface area (Å²) in [6.45, 7) is -0.747. The molecule has 2 aliphatic heterocycles. The summed E-state index contributed by atoms with van der Waals surface area (Å²) in [5, 5.41) is 43.2. The highest BCUT2D eigenvalue weighted by molar-refractivity contribution is 6.05. The number of rotatable bonds is 2. The fourth-order valence-electron chi connectivity index (χ4n) is 5.94. The predicted octanol–water partition coefficient (Wildman–Crippen LogP) is 1.46. The molecule has 190 valence electrons. The summed E-state index contributed by atoms with van der Waals surface area (Å²) in [6, 6.07) is 7.23. The van der Waals surface area contributed by atoms with E-state index in [0.29, 0.717) is 49.4 Å². The van der Waals surface area contributed by atoms with Crippen molar-refractivity contribution >= 4 is 16.5 Å². The van der Waals surface area contributed by atoms with Gasteiger partial charge in [0.25, 0.3) is 0 Å². The topological polar surface area (TPSA) is 123 Å². The van der Waals surface area contributed by atoms with Crippen molar-refractivity contribution in [1.29, 1.82) is 0 Å². The maximum Gasteiger partial charge on any atom is 0.196 e. The van der Waals surface area contributed by atoms with Gasteiger partial charge in [0, 0.05) is 33.5 Å². The standard InChI is InChI=1S/C26H20F3N3O5/c27-9-1-3-14-11(5-9)18-19-13(7-30-25(19)36)17-12-6-10(28)2-4-15(12)32(22(17)21(18)31-14)26-24(35)23(34)20(29)16(8-33)37-26/h1-7,16,20-21,23-24,26,30,33-36H,8H2/t16-,20-,21?,23+,24-,26-/m1/s1. The average molecular weight is 511 g/mol. The molecule has 1 fully saturated rings. The first-order valence-electron chi connectivity index (χ1n) is 11.7. The summed E-state index contributed by atoms with van der Waals surface area (Å²) in [7, 11) is 0. The Balaban J connectivity index is 1.60. The second-order valence-corrected chi connectivity index (χ2v) is 9.50. The highest BCUT2D eigenvalue weighted by atomic mass is 19.1. The van der Waals surface area contributed by atoms with Crippen LogP contribution in [0.25, 0.3) is 27.6 Å². The Morgan fingerprint density at radius 3 is 2.57 bits per heavy atom. The van der Waals surface area contributed by atoms with Gasteiger partial charge in [-0.2, -0.15) is 0 Å². The molecule has 8 nitrogen and oxygen atoms in total. The van der Waals surface area contributed by atoms with Crippen LogP contribution in [0.3, 0.4) is 0 Å². The van der Waals surface area contributed by atoms with Crippen molar-refractivity contribution in [2.75, 3.05) is 6.61 Å². The number of aliphatic hydroxyl groups excluding tert-OH is 3. The van der Waals surface area contributed by atoms with Gasteiger partial charge in [-0.15, -0.1) is 0 Å². The molecule has 4 heterocycles. The first-order chi connectivity index (χ1) is 17.8. The largest absolute Gasteiger partial charge is 0.494 e. The first-order valence-corrected chi connectivity index (χ1v) is 11.7. The monoisotopic (exact) mass is 511 g/mol. The molecule has 11 heteroatoms. The highest BCUT2D eigenvalue weighted by Gasteiger charge is 2.48. The molecule has 2 aromatic carbocycles. The number of ether oxygens (including phenoxy) is 1. The molecule has 3 aliphatic rings. The minimum Gasteiger partial charge on any atom is -0.494 e. The minimum absolute atomic E-state index is 0.171. The quantitative estimate of drug-likeness (QED) is 0.279. The summed E-state index contributed by atoms with van der Waals surface area (Å²) in [6.07, 6.45) is -6.90. The molecule has 1 aliphatic carbocycles. The van der Waals surface area contributed by atoms with Crippen molar-refractivity contribution in [2.45, 2.75) is 36.8 Å². The normalized spacial score (nSPS) is 28.0. The number of benzene rings is 2. The van der Waals surface area contributed by atoms with Gasteiger partial charge in [-0.3, -0.25) is 4.99 Å². The molecule has 2 aromatic heterocycles. The number of fused-ring (bicyclic) bond motifs is 9. The predicted molar refractivity (Wildman–Crippen MR) is 124 cm³/mol. The van der Waals surface area contributed by atoms with Crippen LogP contribution in [0.2, 0.25) is 0 Å². The van der Waals surface area contributed by atoms with Crippen LogP contribution in [0.15, 0.2) is 47.6 Å². The lowest BCUT2D eigenvalue weighted by Crippen LogP contribution is -2.55. The minimum atomic E-state index is -2.04. The van der Waals surface area contributed by atoms with Crippen molar-refractivity contribution in [2.24, 2.45) is 4.99 Å². The third kappa shape index (κ3) is 2.90. The van der Waals surface area contributed by atoms with E-state index in [4.69, 9.17) is 9.73 Å². The SMILES string of the molecule is OC[C@H]1O[C@@H](n2c3c(c4cc(F)ccc42)-c2c[nH]c(O)c2C2=c4cc(F)ccc4=NC23)[C@H](O)[C@@H](O)[C@@H]1F. The summed E-state index contributed by atoms with van der Waals surface area (Å²) >= 11 is 0. The molecule has 0 bridgehead atoms. The number of hydrogen-bond donors (Lipinski definition) is 5. The molecule has 1 unspecified atom stereocenters. The molecular weight excluding hydrogens is 491 g/mol. The molecular formula is C26H20F3N3O5. The molecule has 6 atom stereocenters. The van der Waals surface area contributed by atoms with Crippen LogP contribution in [-0.4, -0.2) is 61.1 Å². The van der Waals surface area contributed by atoms with Gasteiger partial charge < -0.3 is 34.7 Å². The Morgan fingerprint density at radius 1 is 1.03 bits per heavy atom. The Hall–Kier alpha value is -3.64. The van der Waals surface area contributed by atoms with Crippen LogP contribution in [0.1, 0.15) is 23.5 Å². The number of aromatic amines is 1. The maximum absolute atomic E-state index is 14.6. The van der Waals surface area contributed by atoms with Crippen LogP contribution in [0, 0.1) is 11.6 Å². The van der Waals surface area contributed by atoms with E-state index in [2.05, 4.69) is 4.98 Å². The van der Waals surface area contributed by atoms with Crippen molar-refractivity contribution < 1.29 is 38.3 Å². The Labute approximate surface area is 206 Å². The summed E-state index contributed by atoms with van der Waals surface area (Å²) < 4.78 is 50.7. The lowest BCUT2D eigenvalue weighted by molar-refractivity contribution is -0.235. The number of aromatic hydroxyl groups is 1. The zero-order chi connectivity index (χ0) is 25.7. The van der Waals surface area contributed by atoms with Gasteiger partial charge in [0.15, 0.2) is 18.3 Å². The number of H-pyrrole nitrogens is 1. The molecule has 0 saturated carbocycles. The van der Waals surface area contributed by atoms with Crippen LogP contribution in [-0.2, 0) is 4.74 Å². The van der Waals surface area contributed by atoms with Crippen molar-refractivity contribution in [3.63, 3.8) is 0 Å². The Bertz CT molecular complexity index is 1730. The number of hydrogen-bond acceptors (Lipinski definition) is 6. The number of nitrogens with one attached hydrogen (secondary N) is 1. The third-order valence-corrected chi connectivity index (χ3v) is 7.52. The van der Waals surface area contributed by atoms with E-state index in [1.807, 2.05) is 0 Å². The molecule has 7 rings (SSSR count). The lowest BCUT2D eigenvalue weighted by Gasteiger charge is -2.41. The van der Waals surface area contributed by atoms with Crippen LogP contribution in [0.5, 0.6) is 5.88 Å². The van der Waals surface area contributed by atoms with Gasteiger partial charge in [-0.25, -0.2) is 13.2 Å². The van der Waals surface area contributed by atoms with E-state index in [1.165, 1.54) is 41.0 Å². The van der Waals surface area contributed by atoms with E-state index in [1.54, 1.807) is 6.20 Å². The number of nitrogens with zero attached hydrogens (tertiary/aromatic N) is 2. The fourth-order valence-corrected chi connectivity index (χ4v) is 5.94. The summed E-state index contributed by atoms with van der Waals surface area (Å²) in [4.78, 5) is 7.56. The molecule has 4 aromatic rings. The number of aliphatic hydroxyl groups is 3. The van der Waals surface area contributed by atoms with Crippen molar-refractivity contribution in [3.8, 4) is 17.0 Å². The summed E-state index contributed by atoms with van der Waals surface area (Å²) in [5.74, 6) is -1.21. The number of aromatic nitrogens is 2. The molecule has 0 radical (unpaired) electrons. The molecule has 0 spiro atoms. The Kier molecular flexibility index (Phi) is 4.68. The van der Waals surface area contributed by atoms with Gasteiger partial charge in [-0.05, 0) is 36.4 Å². The van der Waals surface area contributed by atoms with Gasteiger partial charge in [0.05, 0.1) is 28.7 Å². The van der Waals surface area contributed by atoms with Gasteiger partial charge >= 0.3 is 0 Å². The van der Waals surface area contributed by atoms with Crippen molar-refractivity contribution in [3.05, 3.63) is 76.1 Å². The Morgan fingerprint density at radius 2 is 1.78 bits per heavy atom. The van der Waals surface area contributed by atoms with Gasteiger partial charge in [0.2, 0.25) is 0 Å². The van der Waals surface area contributed by atoms with Gasteiger partial charge in [-0.1, -0.05) is 0 Å². The highest BCUT2D eigenvalue weighted by Crippen LogP contribution is 2.54. The van der Waals surface area contributed by atoms with E-state index in [9.17, 15) is 33.6 Å². The second kappa shape index (κ2) is 7.68. The van der Waals surface area contributed by atoms with Crippen molar-refractivity contribution in [1.82, 2.24) is 9.55 Å². The van der Waals surface area contributed by atoms with Crippen LogP contribution < -0.4 is 10.6 Å². The fraction of sp³-hybridized carbons (Fsp3) is 0.269. The second-order valence-electron chi connectivity index (χ2n) is 9.50. The molecule has 1 saturated heterocycles. The molecule has 37 heavy (non-hydrogen) atoms. The van der Waals surface area contributed by atoms with Crippen LogP contribution in [0.4, 0.5) is 13.2 Å². The average Bonchev–Trinajstić information content (AvgIpc) is 3.54. The van der Waals surface area contributed by atoms with E-state index in [-0.39, 0.29) is 5.88 Å². The number of alkyl halides is 1. The van der Waals surface area contributed by atoms with E-state index in [0.717, 1.165) is 0 Å². The molecule has 0 amide bonds. The molecule has 5 N–H and O–H groups in total. The first kappa shape index (κ1) is 22.5. The van der Waals surface area contributed by atoms with E-state index >= 15 is 0 Å². The lowest BCUT2D eigenvalue weighted by atomic mass is 9.83. The van der Waals surface area contributed by atoms with E-state index < -0.39 is 55.0 Å². The maximum atomic E-state index is 14.6. The smallest absolute Gasteiger partial charge is 0.196 e. The zero-order valence-electron chi connectivity index (χ0n) is 18.9. The third-order valence-electron chi connectivity index (χ3n) is 7.52. The summed E-state index contributed by atoms with van der Waals surface area (Å²) in [5.41, 5.74) is 2.67. The number of halogens is 3. The van der Waals surface area contributed by atoms with Gasteiger partial charge in [0.1, 0.15) is 36.0 Å². The zero-order valence-corrected chi connectivity index (χ0v) is 18.9.